The van der Waals surface area contributed by atoms with E-state index in [1.54, 1.807) is 18.2 Å². The molecule has 0 bridgehead atoms. The summed E-state index contributed by atoms with van der Waals surface area (Å²) in [6.45, 7) is 0. The lowest BCUT2D eigenvalue weighted by molar-refractivity contribution is -0.137. The van der Waals surface area contributed by atoms with Crippen molar-refractivity contribution in [2.75, 3.05) is 0 Å². The van der Waals surface area contributed by atoms with Crippen molar-refractivity contribution in [1.82, 2.24) is 4.98 Å². The van der Waals surface area contributed by atoms with E-state index in [0.717, 1.165) is 12.3 Å². The van der Waals surface area contributed by atoms with Crippen molar-refractivity contribution in [3.63, 3.8) is 0 Å². The standard InChI is InChI=1S/C15H8Cl2F3N/c1-2-3-9-6-10(4-5-12(9)16)14-13(17)7-11(8-21-14)15(18,19)20/h1,4-8H,3H2. The number of benzene rings is 1. The third-order valence-corrected chi connectivity index (χ3v) is 3.44. The van der Waals surface area contributed by atoms with Crippen LogP contribution >= 0.6 is 23.2 Å². The van der Waals surface area contributed by atoms with Gasteiger partial charge in [-0.1, -0.05) is 29.3 Å². The number of aromatic nitrogens is 1. The van der Waals surface area contributed by atoms with E-state index in [-0.39, 0.29) is 10.7 Å². The van der Waals surface area contributed by atoms with Crippen LogP contribution in [0.5, 0.6) is 0 Å². The van der Waals surface area contributed by atoms with Crippen molar-refractivity contribution in [3.8, 4) is 23.6 Å². The maximum absolute atomic E-state index is 12.6. The Bertz CT molecular complexity index is 718. The minimum atomic E-state index is -4.48. The zero-order chi connectivity index (χ0) is 15.6. The van der Waals surface area contributed by atoms with Gasteiger partial charge in [0, 0.05) is 23.2 Å². The molecule has 1 heterocycles. The smallest absolute Gasteiger partial charge is 0.254 e. The maximum Gasteiger partial charge on any atom is 0.417 e. The summed E-state index contributed by atoms with van der Waals surface area (Å²) in [5, 5.41) is 0.401. The summed E-state index contributed by atoms with van der Waals surface area (Å²) in [4.78, 5) is 3.80. The molecular weight excluding hydrogens is 322 g/mol. The number of halogens is 5. The van der Waals surface area contributed by atoms with Crippen LogP contribution in [0.4, 0.5) is 13.2 Å². The van der Waals surface area contributed by atoms with Gasteiger partial charge in [0.05, 0.1) is 16.3 Å². The van der Waals surface area contributed by atoms with E-state index in [9.17, 15) is 13.2 Å². The summed E-state index contributed by atoms with van der Waals surface area (Å²) in [5.41, 5.74) is 0.603. The minimum Gasteiger partial charge on any atom is -0.254 e. The highest BCUT2D eigenvalue weighted by Gasteiger charge is 2.31. The van der Waals surface area contributed by atoms with Gasteiger partial charge < -0.3 is 0 Å². The largest absolute Gasteiger partial charge is 0.417 e. The van der Waals surface area contributed by atoms with Crippen LogP contribution in [0.25, 0.3) is 11.3 Å². The molecule has 0 saturated carbocycles. The van der Waals surface area contributed by atoms with E-state index in [2.05, 4.69) is 10.9 Å². The summed E-state index contributed by atoms with van der Waals surface area (Å²) >= 11 is 11.9. The van der Waals surface area contributed by atoms with Crippen LogP contribution in [-0.4, -0.2) is 4.98 Å². The van der Waals surface area contributed by atoms with E-state index >= 15 is 0 Å². The van der Waals surface area contributed by atoms with Gasteiger partial charge in [0.2, 0.25) is 0 Å². The molecule has 0 aliphatic carbocycles. The fraction of sp³-hybridized carbons (Fsp3) is 0.133. The van der Waals surface area contributed by atoms with Crippen LogP contribution in [0.1, 0.15) is 11.1 Å². The predicted octanol–water partition coefficient (Wildman–Crippen LogP) is 5.25. The number of nitrogens with zero attached hydrogens (tertiary/aromatic N) is 1. The Labute approximate surface area is 129 Å². The van der Waals surface area contributed by atoms with Gasteiger partial charge in [0.15, 0.2) is 0 Å². The van der Waals surface area contributed by atoms with Gasteiger partial charge in [-0.2, -0.15) is 13.2 Å². The molecule has 21 heavy (non-hydrogen) atoms. The fourth-order valence-electron chi connectivity index (χ4n) is 1.77. The summed E-state index contributed by atoms with van der Waals surface area (Å²) < 4.78 is 37.7. The van der Waals surface area contributed by atoms with Crippen LogP contribution in [0.2, 0.25) is 10.0 Å². The van der Waals surface area contributed by atoms with E-state index in [4.69, 9.17) is 29.6 Å². The molecule has 0 spiro atoms. The quantitative estimate of drug-likeness (QED) is 0.686. The molecule has 108 valence electrons. The Morgan fingerprint density at radius 1 is 1.14 bits per heavy atom. The first kappa shape index (κ1) is 15.7. The number of rotatable bonds is 2. The molecule has 0 atom stereocenters. The van der Waals surface area contributed by atoms with Crippen molar-refractivity contribution in [2.45, 2.75) is 12.6 Å². The molecular formula is C15H8Cl2F3N. The second-order valence-corrected chi connectivity index (χ2v) is 5.05. The van der Waals surface area contributed by atoms with Crippen molar-refractivity contribution < 1.29 is 13.2 Å². The van der Waals surface area contributed by atoms with E-state index < -0.39 is 11.7 Å². The Kier molecular flexibility index (Phi) is 4.46. The van der Waals surface area contributed by atoms with Crippen molar-refractivity contribution in [3.05, 3.63) is 51.6 Å². The number of pyridine rings is 1. The normalized spacial score (nSPS) is 11.2. The SMILES string of the molecule is C#CCc1cc(-c2ncc(C(F)(F)F)cc2Cl)ccc1Cl. The zero-order valence-electron chi connectivity index (χ0n) is 10.5. The molecule has 0 N–H and O–H groups in total. The van der Waals surface area contributed by atoms with Crippen LogP contribution in [0.15, 0.2) is 30.5 Å². The lowest BCUT2D eigenvalue weighted by Gasteiger charge is -2.10. The zero-order valence-corrected chi connectivity index (χ0v) is 12.0. The van der Waals surface area contributed by atoms with E-state index in [1.807, 2.05) is 0 Å². The third kappa shape index (κ3) is 3.49. The molecule has 0 saturated heterocycles. The number of terminal acetylenes is 1. The van der Waals surface area contributed by atoms with Gasteiger partial charge in [-0.3, -0.25) is 4.98 Å². The highest BCUT2D eigenvalue weighted by molar-refractivity contribution is 6.33. The molecule has 2 rings (SSSR count). The molecule has 1 aromatic carbocycles. The van der Waals surface area contributed by atoms with Gasteiger partial charge in [0.25, 0.3) is 0 Å². The maximum atomic E-state index is 12.6. The first-order chi connectivity index (χ1) is 9.82. The molecule has 0 aliphatic rings. The van der Waals surface area contributed by atoms with Crippen LogP contribution in [-0.2, 0) is 12.6 Å². The molecule has 1 aromatic heterocycles. The van der Waals surface area contributed by atoms with Crippen molar-refractivity contribution in [1.29, 1.82) is 0 Å². The minimum absolute atomic E-state index is 0.0844. The molecule has 0 radical (unpaired) electrons. The highest BCUT2D eigenvalue weighted by atomic mass is 35.5. The van der Waals surface area contributed by atoms with Gasteiger partial charge in [-0.15, -0.1) is 12.3 Å². The Balaban J connectivity index is 2.48. The summed E-state index contributed by atoms with van der Waals surface area (Å²) in [6.07, 6.45) is 1.82. The van der Waals surface area contributed by atoms with Gasteiger partial charge in [-0.25, -0.2) is 0 Å². The number of hydrogen-bond donors (Lipinski definition) is 0. The lowest BCUT2D eigenvalue weighted by atomic mass is 10.0. The Morgan fingerprint density at radius 3 is 2.43 bits per heavy atom. The van der Waals surface area contributed by atoms with Crippen LogP contribution in [0.3, 0.4) is 0 Å². The molecule has 2 aromatic rings. The highest BCUT2D eigenvalue weighted by Crippen LogP contribution is 2.34. The molecule has 0 aliphatic heterocycles. The first-order valence-electron chi connectivity index (χ1n) is 5.78. The Hall–Kier alpha value is -1.70. The van der Waals surface area contributed by atoms with E-state index in [0.29, 0.717) is 22.6 Å². The van der Waals surface area contributed by atoms with E-state index in [1.165, 1.54) is 0 Å². The molecule has 6 heteroatoms. The summed E-state index contributed by atoms with van der Waals surface area (Å²) in [7, 11) is 0. The first-order valence-corrected chi connectivity index (χ1v) is 6.53. The van der Waals surface area contributed by atoms with Crippen LogP contribution in [0, 0.1) is 12.3 Å². The van der Waals surface area contributed by atoms with Gasteiger partial charge >= 0.3 is 6.18 Å². The Morgan fingerprint density at radius 2 is 1.86 bits per heavy atom. The van der Waals surface area contributed by atoms with Crippen molar-refractivity contribution >= 4 is 23.2 Å². The third-order valence-electron chi connectivity index (χ3n) is 2.78. The van der Waals surface area contributed by atoms with Gasteiger partial charge in [-0.05, 0) is 23.8 Å². The second-order valence-electron chi connectivity index (χ2n) is 4.24. The number of alkyl halides is 3. The fourth-order valence-corrected chi connectivity index (χ4v) is 2.23. The summed E-state index contributed by atoms with van der Waals surface area (Å²) in [5.74, 6) is 2.46. The van der Waals surface area contributed by atoms with Crippen molar-refractivity contribution in [2.24, 2.45) is 0 Å². The molecule has 1 nitrogen and oxygen atoms in total. The monoisotopic (exact) mass is 329 g/mol. The number of hydrogen-bond acceptors (Lipinski definition) is 1. The average Bonchev–Trinajstić information content (AvgIpc) is 2.40. The van der Waals surface area contributed by atoms with Gasteiger partial charge in [0.1, 0.15) is 0 Å². The summed E-state index contributed by atoms with van der Waals surface area (Å²) in [6, 6.07) is 5.76. The molecule has 0 unspecified atom stereocenters. The van der Waals surface area contributed by atoms with Crippen LogP contribution < -0.4 is 0 Å². The lowest BCUT2D eigenvalue weighted by Crippen LogP contribution is -2.05. The topological polar surface area (TPSA) is 12.9 Å². The average molecular weight is 330 g/mol. The molecule has 0 amide bonds. The molecule has 0 fully saturated rings. The second kappa shape index (κ2) is 5.97. The predicted molar refractivity (Wildman–Crippen MR) is 77.2 cm³/mol.